The molecule has 0 aliphatic heterocycles. The Balaban J connectivity index is 1.84. The first kappa shape index (κ1) is 20.4. The summed E-state index contributed by atoms with van der Waals surface area (Å²) in [5.74, 6) is -0.675. The van der Waals surface area contributed by atoms with Crippen LogP contribution in [0.1, 0.15) is 21.6 Å². The fourth-order valence-corrected chi connectivity index (χ4v) is 2.55. The van der Waals surface area contributed by atoms with Gasteiger partial charge in [0.25, 0.3) is 0 Å². The molecular weight excluding hydrogens is 411 g/mol. The highest BCUT2D eigenvalue weighted by molar-refractivity contribution is 6.30. The van der Waals surface area contributed by atoms with Crippen molar-refractivity contribution < 1.29 is 27.5 Å². The maximum atomic E-state index is 13.6. The van der Waals surface area contributed by atoms with E-state index in [4.69, 9.17) is 16.3 Å². The van der Waals surface area contributed by atoms with E-state index in [1.54, 1.807) is 24.3 Å². The zero-order valence-electron chi connectivity index (χ0n) is 14.9. The fraction of sp³-hybridized carbons (Fsp3) is 0.105. The van der Waals surface area contributed by atoms with Crippen LogP contribution in [0.25, 0.3) is 5.69 Å². The van der Waals surface area contributed by atoms with Crippen LogP contribution in [0, 0.1) is 0 Å². The van der Waals surface area contributed by atoms with Crippen molar-refractivity contribution in [3.05, 3.63) is 76.6 Å². The van der Waals surface area contributed by atoms with Crippen molar-refractivity contribution in [2.24, 2.45) is 5.16 Å². The first-order valence-electron chi connectivity index (χ1n) is 8.09. The lowest BCUT2D eigenvalue weighted by atomic mass is 10.2. The van der Waals surface area contributed by atoms with E-state index in [-0.39, 0.29) is 5.69 Å². The van der Waals surface area contributed by atoms with Crippen molar-refractivity contribution in [1.82, 2.24) is 9.78 Å². The van der Waals surface area contributed by atoms with E-state index in [9.17, 15) is 18.0 Å². The van der Waals surface area contributed by atoms with Gasteiger partial charge in [0.05, 0.1) is 25.2 Å². The van der Waals surface area contributed by atoms with E-state index in [1.165, 1.54) is 37.6 Å². The number of benzene rings is 2. The molecule has 1 aromatic heterocycles. The standard InChI is InChI=1S/C19H13ClF3N3O3/c1-28-15-8-2-12(3-9-15)10-25-29-18(27)16-11-24-26(17(16)19(21,22)23)14-6-4-13(20)5-7-14/h2-11H,1H3. The molecule has 0 aliphatic rings. The number of hydrogen-bond acceptors (Lipinski definition) is 5. The number of nitrogens with zero attached hydrogens (tertiary/aromatic N) is 3. The highest BCUT2D eigenvalue weighted by Gasteiger charge is 2.41. The van der Waals surface area contributed by atoms with Crippen LogP contribution in [0.15, 0.2) is 59.9 Å². The lowest BCUT2D eigenvalue weighted by molar-refractivity contribution is -0.143. The Kier molecular flexibility index (Phi) is 5.88. The minimum Gasteiger partial charge on any atom is -0.497 e. The molecule has 0 spiro atoms. The van der Waals surface area contributed by atoms with E-state index in [0.29, 0.717) is 21.0 Å². The van der Waals surface area contributed by atoms with Gasteiger partial charge in [-0.2, -0.15) is 18.3 Å². The maximum Gasteiger partial charge on any atom is 0.434 e. The van der Waals surface area contributed by atoms with E-state index < -0.39 is 23.4 Å². The molecule has 0 radical (unpaired) electrons. The van der Waals surface area contributed by atoms with Crippen LogP contribution in [0.3, 0.4) is 0 Å². The zero-order chi connectivity index (χ0) is 21.0. The molecule has 150 valence electrons. The zero-order valence-corrected chi connectivity index (χ0v) is 15.6. The lowest BCUT2D eigenvalue weighted by Gasteiger charge is -2.11. The number of methoxy groups -OCH3 is 1. The lowest BCUT2D eigenvalue weighted by Crippen LogP contribution is -2.18. The van der Waals surface area contributed by atoms with Crippen molar-refractivity contribution in [1.29, 1.82) is 0 Å². The van der Waals surface area contributed by atoms with Gasteiger partial charge in [0, 0.05) is 5.02 Å². The molecule has 0 saturated heterocycles. The number of aromatic nitrogens is 2. The van der Waals surface area contributed by atoms with Gasteiger partial charge in [-0.15, -0.1) is 0 Å². The number of halogens is 4. The SMILES string of the molecule is COc1ccc(C=NOC(=O)c2cnn(-c3ccc(Cl)cc3)c2C(F)(F)F)cc1. The summed E-state index contributed by atoms with van der Waals surface area (Å²) in [5, 5.41) is 7.48. The summed E-state index contributed by atoms with van der Waals surface area (Å²) >= 11 is 5.76. The van der Waals surface area contributed by atoms with Crippen LogP contribution >= 0.6 is 11.6 Å². The topological polar surface area (TPSA) is 65.7 Å². The minimum atomic E-state index is -4.86. The molecule has 0 unspecified atom stereocenters. The van der Waals surface area contributed by atoms with Crippen LogP contribution < -0.4 is 4.74 Å². The summed E-state index contributed by atoms with van der Waals surface area (Å²) < 4.78 is 46.3. The Bertz CT molecular complexity index is 1030. The van der Waals surface area contributed by atoms with Crippen LogP contribution in [-0.2, 0) is 11.0 Å². The summed E-state index contributed by atoms with van der Waals surface area (Å²) in [6, 6.07) is 12.1. The molecule has 0 N–H and O–H groups in total. The van der Waals surface area contributed by atoms with E-state index in [2.05, 4.69) is 15.1 Å². The smallest absolute Gasteiger partial charge is 0.434 e. The molecule has 1 heterocycles. The highest BCUT2D eigenvalue weighted by Crippen LogP contribution is 2.34. The predicted octanol–water partition coefficient (Wildman–Crippen LogP) is 4.74. The number of rotatable bonds is 5. The molecule has 6 nitrogen and oxygen atoms in total. The number of ether oxygens (including phenoxy) is 1. The number of oxime groups is 1. The van der Waals surface area contributed by atoms with Gasteiger partial charge in [0.2, 0.25) is 0 Å². The monoisotopic (exact) mass is 423 g/mol. The molecule has 0 aliphatic carbocycles. The number of alkyl halides is 3. The quantitative estimate of drug-likeness (QED) is 0.337. The van der Waals surface area contributed by atoms with E-state index in [0.717, 1.165) is 6.20 Å². The summed E-state index contributed by atoms with van der Waals surface area (Å²) in [6.45, 7) is 0. The molecule has 29 heavy (non-hydrogen) atoms. The Labute approximate surface area is 168 Å². The molecule has 0 fully saturated rings. The molecule has 10 heteroatoms. The summed E-state index contributed by atoms with van der Waals surface area (Å²) in [6.07, 6.45) is -2.89. The predicted molar refractivity (Wildman–Crippen MR) is 99.6 cm³/mol. The molecule has 3 aromatic rings. The van der Waals surface area contributed by atoms with Crippen LogP contribution in [0.5, 0.6) is 5.75 Å². The maximum absolute atomic E-state index is 13.6. The van der Waals surface area contributed by atoms with Crippen LogP contribution in [0.2, 0.25) is 5.02 Å². The van der Waals surface area contributed by atoms with Gasteiger partial charge in [0.15, 0.2) is 5.69 Å². The molecule has 0 bridgehead atoms. The van der Waals surface area contributed by atoms with Gasteiger partial charge in [-0.25, -0.2) is 9.48 Å². The van der Waals surface area contributed by atoms with Crippen molar-refractivity contribution in [2.45, 2.75) is 6.18 Å². The number of carbonyl (C=O) groups is 1. The van der Waals surface area contributed by atoms with Crippen molar-refractivity contribution >= 4 is 23.8 Å². The van der Waals surface area contributed by atoms with Crippen molar-refractivity contribution in [3.8, 4) is 11.4 Å². The number of hydrogen-bond donors (Lipinski definition) is 0. The highest BCUT2D eigenvalue weighted by atomic mass is 35.5. The third kappa shape index (κ3) is 4.75. The second kappa shape index (κ2) is 8.36. The van der Waals surface area contributed by atoms with Gasteiger partial charge in [0.1, 0.15) is 11.3 Å². The molecule has 0 atom stereocenters. The summed E-state index contributed by atoms with van der Waals surface area (Å²) in [5.41, 5.74) is -1.39. The van der Waals surface area contributed by atoms with Crippen molar-refractivity contribution in [3.63, 3.8) is 0 Å². The minimum absolute atomic E-state index is 0.0857. The fourth-order valence-electron chi connectivity index (χ4n) is 2.42. The van der Waals surface area contributed by atoms with E-state index >= 15 is 0 Å². The van der Waals surface area contributed by atoms with Gasteiger partial charge in [-0.1, -0.05) is 16.8 Å². The molecule has 0 saturated carbocycles. The Morgan fingerprint density at radius 1 is 1.14 bits per heavy atom. The Morgan fingerprint density at radius 2 is 1.79 bits per heavy atom. The summed E-state index contributed by atoms with van der Waals surface area (Å²) in [7, 11) is 1.51. The Hall–Kier alpha value is -3.33. The second-order valence-electron chi connectivity index (χ2n) is 5.68. The summed E-state index contributed by atoms with van der Waals surface area (Å²) in [4.78, 5) is 16.8. The average molecular weight is 424 g/mol. The normalized spacial score (nSPS) is 11.6. The van der Waals surface area contributed by atoms with Gasteiger partial charge in [-0.05, 0) is 54.1 Å². The van der Waals surface area contributed by atoms with Gasteiger partial charge >= 0.3 is 12.1 Å². The largest absolute Gasteiger partial charge is 0.497 e. The molecular formula is C19H13ClF3N3O3. The first-order chi connectivity index (χ1) is 13.8. The first-order valence-corrected chi connectivity index (χ1v) is 8.47. The molecule has 2 aromatic carbocycles. The van der Waals surface area contributed by atoms with Gasteiger partial charge in [-0.3, -0.25) is 0 Å². The average Bonchev–Trinajstić information content (AvgIpc) is 3.15. The third-order valence-electron chi connectivity index (χ3n) is 3.78. The number of carbonyl (C=O) groups excluding carboxylic acids is 1. The Morgan fingerprint density at radius 3 is 2.38 bits per heavy atom. The molecule has 3 rings (SSSR count). The second-order valence-corrected chi connectivity index (χ2v) is 6.12. The molecule has 0 amide bonds. The van der Waals surface area contributed by atoms with Crippen LogP contribution in [0.4, 0.5) is 13.2 Å². The van der Waals surface area contributed by atoms with E-state index in [1.807, 2.05) is 0 Å². The van der Waals surface area contributed by atoms with Crippen molar-refractivity contribution in [2.75, 3.05) is 7.11 Å². The third-order valence-corrected chi connectivity index (χ3v) is 4.03. The van der Waals surface area contributed by atoms with Crippen LogP contribution in [-0.4, -0.2) is 29.1 Å². The van der Waals surface area contributed by atoms with Gasteiger partial charge < -0.3 is 9.57 Å².